The highest BCUT2D eigenvalue weighted by molar-refractivity contribution is 6.36. The third-order valence-corrected chi connectivity index (χ3v) is 2.54. The molecule has 0 atom stereocenters. The minimum absolute atomic E-state index is 0.0384. The summed E-state index contributed by atoms with van der Waals surface area (Å²) in [4.78, 5) is 7.64. The number of rotatable bonds is 1. The van der Waals surface area contributed by atoms with E-state index in [-0.39, 0.29) is 10.6 Å². The van der Waals surface area contributed by atoms with Gasteiger partial charge in [-0.15, -0.1) is 0 Å². The number of aromatic nitrogens is 2. The molecule has 0 spiro atoms. The maximum absolute atomic E-state index is 12.2. The zero-order chi connectivity index (χ0) is 11.8. The van der Waals surface area contributed by atoms with Crippen LogP contribution in [-0.4, -0.2) is 16.1 Å². The van der Waals surface area contributed by atoms with Crippen LogP contribution in [0.25, 0.3) is 10.9 Å². The first kappa shape index (κ1) is 11.1. The van der Waals surface area contributed by atoms with E-state index in [4.69, 9.17) is 11.6 Å². The molecule has 16 heavy (non-hydrogen) atoms. The van der Waals surface area contributed by atoms with E-state index in [9.17, 15) is 13.2 Å². The van der Waals surface area contributed by atoms with Crippen LogP contribution in [0, 0.1) is 0 Å². The van der Waals surface area contributed by atoms with Gasteiger partial charge in [0.2, 0.25) is 0 Å². The molecule has 0 aliphatic carbocycles. The highest BCUT2D eigenvalue weighted by atomic mass is 35.5. The van der Waals surface area contributed by atoms with E-state index < -0.39 is 12.6 Å². The van der Waals surface area contributed by atoms with Crippen molar-refractivity contribution in [1.82, 2.24) is 9.97 Å². The van der Waals surface area contributed by atoms with Crippen molar-refractivity contribution in [2.75, 3.05) is 0 Å². The van der Waals surface area contributed by atoms with Crippen molar-refractivity contribution in [1.29, 1.82) is 0 Å². The first-order valence-corrected chi connectivity index (χ1v) is 4.79. The summed E-state index contributed by atoms with van der Waals surface area (Å²) < 4.78 is 36.7. The van der Waals surface area contributed by atoms with Crippen molar-refractivity contribution in [2.45, 2.75) is 12.6 Å². The van der Waals surface area contributed by atoms with Crippen LogP contribution >= 0.6 is 11.6 Å². The summed E-state index contributed by atoms with van der Waals surface area (Å²) in [5.41, 5.74) is 0.572. The van der Waals surface area contributed by atoms with Crippen LogP contribution in [-0.2, 0) is 6.42 Å². The molecule has 0 aliphatic heterocycles. The lowest BCUT2D eigenvalue weighted by Gasteiger charge is -2.09. The fraction of sp³-hybridized carbons (Fsp3) is 0.200. The highest BCUT2D eigenvalue weighted by Gasteiger charge is 2.29. The Morgan fingerprint density at radius 3 is 2.69 bits per heavy atom. The summed E-state index contributed by atoms with van der Waals surface area (Å²) in [7, 11) is 0. The first-order chi connectivity index (χ1) is 7.47. The van der Waals surface area contributed by atoms with Crippen LogP contribution in [0.2, 0.25) is 5.02 Å². The summed E-state index contributed by atoms with van der Waals surface area (Å²) in [5, 5.41) is 0.501. The van der Waals surface area contributed by atoms with Crippen molar-refractivity contribution < 1.29 is 13.2 Å². The van der Waals surface area contributed by atoms with Gasteiger partial charge in [-0.3, -0.25) is 0 Å². The Morgan fingerprint density at radius 2 is 2.00 bits per heavy atom. The normalized spacial score (nSPS) is 12.0. The number of halogens is 4. The number of hydrogen-bond acceptors (Lipinski definition) is 2. The van der Waals surface area contributed by atoms with Gasteiger partial charge in [0.05, 0.1) is 17.0 Å². The van der Waals surface area contributed by atoms with Crippen molar-refractivity contribution in [3.05, 3.63) is 35.2 Å². The lowest BCUT2D eigenvalue weighted by molar-refractivity contribution is -0.127. The van der Waals surface area contributed by atoms with Gasteiger partial charge in [-0.2, -0.15) is 13.2 Å². The molecule has 1 aromatic heterocycles. The van der Waals surface area contributed by atoms with Crippen LogP contribution in [0.5, 0.6) is 0 Å². The third kappa shape index (κ3) is 2.24. The predicted molar refractivity (Wildman–Crippen MR) is 54.3 cm³/mol. The number of nitrogens with zero attached hydrogens (tertiary/aromatic N) is 2. The molecular formula is C10H6ClF3N2. The summed E-state index contributed by atoms with van der Waals surface area (Å²) in [6, 6.07) is 2.84. The molecule has 84 valence electrons. The molecule has 2 rings (SSSR count). The summed E-state index contributed by atoms with van der Waals surface area (Å²) in [6.07, 6.45) is -2.59. The van der Waals surface area contributed by atoms with Crippen LogP contribution in [0.4, 0.5) is 13.2 Å². The molecule has 6 heteroatoms. The maximum atomic E-state index is 12.2. The fourth-order valence-corrected chi connectivity index (χ4v) is 1.69. The molecule has 0 N–H and O–H groups in total. The molecule has 1 aromatic carbocycles. The van der Waals surface area contributed by atoms with Crippen molar-refractivity contribution in [3.63, 3.8) is 0 Å². The van der Waals surface area contributed by atoms with Crippen molar-refractivity contribution in [3.8, 4) is 0 Å². The third-order valence-electron chi connectivity index (χ3n) is 2.09. The van der Waals surface area contributed by atoms with Gasteiger partial charge in [0, 0.05) is 11.6 Å². The quantitative estimate of drug-likeness (QED) is 0.771. The Labute approximate surface area is 94.1 Å². The Kier molecular flexibility index (Phi) is 2.71. The van der Waals surface area contributed by atoms with E-state index in [1.54, 1.807) is 0 Å². The topological polar surface area (TPSA) is 25.8 Å². The zero-order valence-electron chi connectivity index (χ0n) is 7.92. The number of fused-ring (bicyclic) bond motifs is 1. The average Bonchev–Trinajstić information content (AvgIpc) is 2.21. The largest absolute Gasteiger partial charge is 0.393 e. The number of hydrogen-bond donors (Lipinski definition) is 0. The highest BCUT2D eigenvalue weighted by Crippen LogP contribution is 2.30. The smallest absolute Gasteiger partial charge is 0.244 e. The molecule has 0 unspecified atom stereocenters. The number of alkyl halides is 3. The SMILES string of the molecule is FC(F)(F)Cc1ccc2ncncc2c1Cl. The zero-order valence-corrected chi connectivity index (χ0v) is 8.68. The molecule has 0 aliphatic rings. The van der Waals surface area contributed by atoms with Gasteiger partial charge < -0.3 is 0 Å². The monoisotopic (exact) mass is 246 g/mol. The Hall–Kier alpha value is -1.36. The average molecular weight is 247 g/mol. The lowest BCUT2D eigenvalue weighted by Crippen LogP contribution is -2.11. The predicted octanol–water partition coefficient (Wildman–Crippen LogP) is 3.39. The second-order valence-corrected chi connectivity index (χ2v) is 3.66. The summed E-state index contributed by atoms with van der Waals surface area (Å²) in [5.74, 6) is 0. The van der Waals surface area contributed by atoms with Crippen molar-refractivity contribution in [2.24, 2.45) is 0 Å². The minimum atomic E-state index is -4.27. The maximum Gasteiger partial charge on any atom is 0.393 e. The molecule has 2 aromatic rings. The molecule has 2 nitrogen and oxygen atoms in total. The van der Waals surface area contributed by atoms with E-state index in [2.05, 4.69) is 9.97 Å². The molecule has 0 saturated heterocycles. The van der Waals surface area contributed by atoms with Crippen LogP contribution in [0.15, 0.2) is 24.7 Å². The van der Waals surface area contributed by atoms with Crippen LogP contribution < -0.4 is 0 Å². The molecule has 0 bridgehead atoms. The van der Waals surface area contributed by atoms with Crippen LogP contribution in [0.1, 0.15) is 5.56 Å². The first-order valence-electron chi connectivity index (χ1n) is 4.41. The van der Waals surface area contributed by atoms with Gasteiger partial charge in [0.15, 0.2) is 0 Å². The van der Waals surface area contributed by atoms with E-state index in [1.165, 1.54) is 24.7 Å². The van der Waals surface area contributed by atoms with E-state index in [0.29, 0.717) is 10.9 Å². The second-order valence-electron chi connectivity index (χ2n) is 3.29. The summed E-state index contributed by atoms with van der Waals surface area (Å²) in [6.45, 7) is 0. The molecule has 0 fully saturated rings. The molecule has 0 radical (unpaired) electrons. The molecule has 0 saturated carbocycles. The van der Waals surface area contributed by atoms with E-state index >= 15 is 0 Å². The Bertz CT molecular complexity index is 525. The fourth-order valence-electron chi connectivity index (χ4n) is 1.42. The second kappa shape index (κ2) is 3.90. The van der Waals surface area contributed by atoms with Gasteiger partial charge in [0.25, 0.3) is 0 Å². The Morgan fingerprint density at radius 1 is 1.25 bits per heavy atom. The molecule has 1 heterocycles. The summed E-state index contributed by atoms with van der Waals surface area (Å²) >= 11 is 5.87. The standard InChI is InChI=1S/C10H6ClF3N2/c11-9-6(3-10(12,13)14)1-2-8-7(9)4-15-5-16-8/h1-2,4-5H,3H2. The molecule has 0 amide bonds. The Balaban J connectivity index is 2.53. The van der Waals surface area contributed by atoms with E-state index in [1.807, 2.05) is 0 Å². The van der Waals surface area contributed by atoms with Gasteiger partial charge in [-0.25, -0.2) is 9.97 Å². The minimum Gasteiger partial charge on any atom is -0.244 e. The molecular weight excluding hydrogens is 241 g/mol. The van der Waals surface area contributed by atoms with Crippen LogP contribution in [0.3, 0.4) is 0 Å². The number of benzene rings is 1. The lowest BCUT2D eigenvalue weighted by atomic mass is 10.1. The van der Waals surface area contributed by atoms with Gasteiger partial charge >= 0.3 is 6.18 Å². The van der Waals surface area contributed by atoms with Crippen molar-refractivity contribution >= 4 is 22.5 Å². The van der Waals surface area contributed by atoms with E-state index in [0.717, 1.165) is 0 Å². The van der Waals surface area contributed by atoms with Gasteiger partial charge in [-0.1, -0.05) is 17.7 Å². The van der Waals surface area contributed by atoms with Gasteiger partial charge in [0.1, 0.15) is 6.33 Å². The van der Waals surface area contributed by atoms with Gasteiger partial charge in [-0.05, 0) is 11.6 Å².